The summed E-state index contributed by atoms with van der Waals surface area (Å²) >= 11 is 0. The molecule has 1 N–H and O–H groups in total. The first kappa shape index (κ1) is 9.59. The maximum atomic E-state index is 4.37. The third kappa shape index (κ3) is 2.29. The predicted molar refractivity (Wildman–Crippen MR) is 56.1 cm³/mol. The van der Waals surface area contributed by atoms with E-state index in [9.17, 15) is 0 Å². The van der Waals surface area contributed by atoms with Gasteiger partial charge in [0.15, 0.2) is 0 Å². The van der Waals surface area contributed by atoms with E-state index in [1.165, 1.54) is 12.0 Å². The molecule has 1 aliphatic rings. The standard InChI is InChI=1S/C11H17N3/c1-2-9-7-13-11(14-8-9)5-10-3-4-12-6-10/h7-8,10,12H,2-6H2,1H3. The molecule has 3 heteroatoms. The third-order valence-electron chi connectivity index (χ3n) is 2.80. The fourth-order valence-electron chi connectivity index (χ4n) is 1.82. The molecular weight excluding hydrogens is 174 g/mol. The average Bonchev–Trinajstić information content (AvgIpc) is 2.72. The van der Waals surface area contributed by atoms with Gasteiger partial charge in [0.2, 0.25) is 0 Å². The van der Waals surface area contributed by atoms with Crippen molar-refractivity contribution in [3.8, 4) is 0 Å². The van der Waals surface area contributed by atoms with Gasteiger partial charge in [-0.05, 0) is 37.4 Å². The van der Waals surface area contributed by atoms with Gasteiger partial charge in [0.05, 0.1) is 0 Å². The Kier molecular flexibility index (Phi) is 3.09. The van der Waals surface area contributed by atoms with Crippen molar-refractivity contribution in [1.29, 1.82) is 0 Å². The molecule has 0 amide bonds. The molecule has 1 unspecified atom stereocenters. The van der Waals surface area contributed by atoms with Gasteiger partial charge in [-0.3, -0.25) is 0 Å². The summed E-state index contributed by atoms with van der Waals surface area (Å²) in [7, 11) is 0. The van der Waals surface area contributed by atoms with Crippen molar-refractivity contribution in [2.24, 2.45) is 5.92 Å². The zero-order valence-electron chi connectivity index (χ0n) is 8.66. The highest BCUT2D eigenvalue weighted by Gasteiger charge is 2.15. The zero-order valence-corrected chi connectivity index (χ0v) is 8.66. The smallest absolute Gasteiger partial charge is 0.128 e. The van der Waals surface area contributed by atoms with Crippen LogP contribution in [-0.4, -0.2) is 23.1 Å². The molecule has 3 nitrogen and oxygen atoms in total. The van der Waals surface area contributed by atoms with Crippen LogP contribution in [0, 0.1) is 5.92 Å². The highest BCUT2D eigenvalue weighted by Crippen LogP contribution is 2.12. The monoisotopic (exact) mass is 191 g/mol. The molecule has 0 spiro atoms. The van der Waals surface area contributed by atoms with Crippen molar-refractivity contribution >= 4 is 0 Å². The van der Waals surface area contributed by atoms with Crippen molar-refractivity contribution in [1.82, 2.24) is 15.3 Å². The van der Waals surface area contributed by atoms with E-state index in [1.54, 1.807) is 0 Å². The second-order valence-electron chi connectivity index (χ2n) is 3.92. The average molecular weight is 191 g/mol. The molecule has 76 valence electrons. The van der Waals surface area contributed by atoms with Gasteiger partial charge in [-0.15, -0.1) is 0 Å². The lowest BCUT2D eigenvalue weighted by atomic mass is 10.0. The highest BCUT2D eigenvalue weighted by molar-refractivity contribution is 5.05. The Labute approximate surface area is 85.0 Å². The van der Waals surface area contributed by atoms with E-state index in [0.717, 1.165) is 37.7 Å². The lowest BCUT2D eigenvalue weighted by Crippen LogP contribution is -2.12. The fraction of sp³-hybridized carbons (Fsp3) is 0.636. The first-order chi connectivity index (χ1) is 6.88. The molecule has 1 atom stereocenters. The lowest BCUT2D eigenvalue weighted by molar-refractivity contribution is 0.560. The fourth-order valence-corrected chi connectivity index (χ4v) is 1.82. The Morgan fingerprint density at radius 2 is 2.21 bits per heavy atom. The van der Waals surface area contributed by atoms with Gasteiger partial charge in [-0.2, -0.15) is 0 Å². The molecule has 1 aliphatic heterocycles. The normalized spacial score (nSPS) is 21.4. The van der Waals surface area contributed by atoms with Crippen molar-refractivity contribution in [3.05, 3.63) is 23.8 Å². The molecule has 1 aromatic rings. The Bertz CT molecular complexity index is 275. The summed E-state index contributed by atoms with van der Waals surface area (Å²) in [5, 5.41) is 3.36. The number of hydrogen-bond donors (Lipinski definition) is 1. The third-order valence-corrected chi connectivity index (χ3v) is 2.80. The molecule has 0 aliphatic carbocycles. The highest BCUT2D eigenvalue weighted by atomic mass is 14.9. The number of nitrogens with zero attached hydrogens (tertiary/aromatic N) is 2. The summed E-state index contributed by atoms with van der Waals surface area (Å²) < 4.78 is 0. The SMILES string of the molecule is CCc1cnc(CC2CCNC2)nc1. The number of rotatable bonds is 3. The molecule has 2 heterocycles. The Morgan fingerprint density at radius 1 is 1.43 bits per heavy atom. The quantitative estimate of drug-likeness (QED) is 0.780. The number of nitrogens with one attached hydrogen (secondary N) is 1. The maximum Gasteiger partial charge on any atom is 0.128 e. The summed E-state index contributed by atoms with van der Waals surface area (Å²) in [4.78, 5) is 8.75. The van der Waals surface area contributed by atoms with Crippen LogP contribution in [0.2, 0.25) is 0 Å². The minimum atomic E-state index is 0.738. The minimum absolute atomic E-state index is 0.738. The van der Waals surface area contributed by atoms with Gasteiger partial charge in [0.25, 0.3) is 0 Å². The Morgan fingerprint density at radius 3 is 2.79 bits per heavy atom. The topological polar surface area (TPSA) is 37.8 Å². The van der Waals surface area contributed by atoms with Crippen molar-refractivity contribution in [2.75, 3.05) is 13.1 Å². The van der Waals surface area contributed by atoms with E-state index in [4.69, 9.17) is 0 Å². The van der Waals surface area contributed by atoms with E-state index in [-0.39, 0.29) is 0 Å². The van der Waals surface area contributed by atoms with Crippen molar-refractivity contribution in [3.63, 3.8) is 0 Å². The van der Waals surface area contributed by atoms with E-state index < -0.39 is 0 Å². The van der Waals surface area contributed by atoms with Crippen LogP contribution < -0.4 is 5.32 Å². The minimum Gasteiger partial charge on any atom is -0.316 e. The number of aromatic nitrogens is 2. The predicted octanol–water partition coefficient (Wildman–Crippen LogP) is 1.19. The molecule has 1 saturated heterocycles. The van der Waals surface area contributed by atoms with Gasteiger partial charge in [-0.1, -0.05) is 6.92 Å². The molecule has 2 rings (SSSR count). The summed E-state index contributed by atoms with van der Waals surface area (Å²) in [5.74, 6) is 1.73. The summed E-state index contributed by atoms with van der Waals surface area (Å²) in [6.45, 7) is 4.40. The van der Waals surface area contributed by atoms with Crippen molar-refractivity contribution in [2.45, 2.75) is 26.2 Å². The molecular formula is C11H17N3. The zero-order chi connectivity index (χ0) is 9.80. The lowest BCUT2D eigenvalue weighted by Gasteiger charge is -2.06. The second-order valence-corrected chi connectivity index (χ2v) is 3.92. The summed E-state index contributed by atoms with van der Waals surface area (Å²) in [6.07, 6.45) is 7.20. The van der Waals surface area contributed by atoms with E-state index in [2.05, 4.69) is 22.2 Å². The van der Waals surface area contributed by atoms with Crippen LogP contribution in [0.3, 0.4) is 0 Å². The molecule has 0 saturated carbocycles. The number of hydrogen-bond acceptors (Lipinski definition) is 3. The van der Waals surface area contributed by atoms with Crippen LogP contribution in [-0.2, 0) is 12.8 Å². The second kappa shape index (κ2) is 4.51. The van der Waals surface area contributed by atoms with Crippen LogP contribution in [0.5, 0.6) is 0 Å². The van der Waals surface area contributed by atoms with E-state index in [1.807, 2.05) is 12.4 Å². The molecule has 0 radical (unpaired) electrons. The molecule has 0 aromatic carbocycles. The molecule has 1 fully saturated rings. The van der Waals surface area contributed by atoms with Gasteiger partial charge in [0, 0.05) is 18.8 Å². The first-order valence-corrected chi connectivity index (χ1v) is 5.39. The van der Waals surface area contributed by atoms with Crippen LogP contribution in [0.4, 0.5) is 0 Å². The Hall–Kier alpha value is -0.960. The summed E-state index contributed by atoms with van der Waals surface area (Å²) in [6, 6.07) is 0. The van der Waals surface area contributed by atoms with E-state index in [0.29, 0.717) is 0 Å². The van der Waals surface area contributed by atoms with Crippen LogP contribution >= 0.6 is 0 Å². The van der Waals surface area contributed by atoms with Crippen LogP contribution in [0.25, 0.3) is 0 Å². The van der Waals surface area contributed by atoms with Gasteiger partial charge < -0.3 is 5.32 Å². The Balaban J connectivity index is 1.95. The molecule has 14 heavy (non-hydrogen) atoms. The summed E-state index contributed by atoms with van der Waals surface area (Å²) in [5.41, 5.74) is 1.22. The number of aryl methyl sites for hydroxylation is 1. The van der Waals surface area contributed by atoms with Crippen LogP contribution in [0.1, 0.15) is 24.7 Å². The maximum absolute atomic E-state index is 4.37. The van der Waals surface area contributed by atoms with Gasteiger partial charge in [-0.25, -0.2) is 9.97 Å². The first-order valence-electron chi connectivity index (χ1n) is 5.39. The van der Waals surface area contributed by atoms with Gasteiger partial charge >= 0.3 is 0 Å². The molecule has 0 bridgehead atoms. The van der Waals surface area contributed by atoms with E-state index >= 15 is 0 Å². The van der Waals surface area contributed by atoms with Crippen LogP contribution in [0.15, 0.2) is 12.4 Å². The van der Waals surface area contributed by atoms with Gasteiger partial charge in [0.1, 0.15) is 5.82 Å². The van der Waals surface area contributed by atoms with Crippen molar-refractivity contribution < 1.29 is 0 Å². The largest absolute Gasteiger partial charge is 0.316 e. The molecule has 1 aromatic heterocycles.